The number of aromatic nitrogens is 3. The lowest BCUT2D eigenvalue weighted by Gasteiger charge is -2.11. The van der Waals surface area contributed by atoms with Crippen molar-refractivity contribution in [1.29, 1.82) is 0 Å². The van der Waals surface area contributed by atoms with Crippen LogP contribution in [0.15, 0.2) is 29.1 Å². The highest BCUT2D eigenvalue weighted by Gasteiger charge is 2.17. The minimum Gasteiger partial charge on any atom is -0.326 e. The Morgan fingerprint density at radius 1 is 1.38 bits per heavy atom. The Bertz CT molecular complexity index is 1000. The van der Waals surface area contributed by atoms with Crippen LogP contribution in [-0.2, 0) is 18.3 Å². The zero-order valence-electron chi connectivity index (χ0n) is 13.6. The van der Waals surface area contributed by atoms with E-state index < -0.39 is 5.82 Å². The molecule has 24 heavy (non-hydrogen) atoms. The predicted octanol–water partition coefficient (Wildman–Crippen LogP) is 2.20. The number of aryl methyl sites for hydroxylation is 3. The highest BCUT2D eigenvalue weighted by Crippen LogP contribution is 2.20. The molecule has 0 saturated carbocycles. The first-order valence-electron chi connectivity index (χ1n) is 7.47. The molecule has 0 spiro atoms. The summed E-state index contributed by atoms with van der Waals surface area (Å²) >= 11 is 0. The zero-order valence-corrected chi connectivity index (χ0v) is 13.6. The van der Waals surface area contributed by atoms with Gasteiger partial charge in [-0.3, -0.25) is 19.4 Å². The van der Waals surface area contributed by atoms with Gasteiger partial charge < -0.3 is 5.32 Å². The number of nitrogens with one attached hydrogen (secondary N) is 2. The van der Waals surface area contributed by atoms with Crippen molar-refractivity contribution in [2.45, 2.75) is 20.3 Å². The van der Waals surface area contributed by atoms with E-state index in [-0.39, 0.29) is 17.9 Å². The molecule has 2 heterocycles. The van der Waals surface area contributed by atoms with Gasteiger partial charge in [0.1, 0.15) is 5.82 Å². The second-order valence-electron chi connectivity index (χ2n) is 5.73. The maximum Gasteiger partial charge on any atom is 0.273 e. The number of carbonyl (C=O) groups excluding carboxylic acids is 1. The van der Waals surface area contributed by atoms with E-state index in [0.29, 0.717) is 28.0 Å². The molecule has 6 nitrogen and oxygen atoms in total. The molecule has 0 unspecified atom stereocenters. The summed E-state index contributed by atoms with van der Waals surface area (Å²) in [5.74, 6) is -0.709. The molecule has 0 atom stereocenters. The van der Waals surface area contributed by atoms with Crippen LogP contribution in [0, 0.1) is 19.7 Å². The largest absolute Gasteiger partial charge is 0.326 e. The Labute approximate surface area is 137 Å². The average Bonchev–Trinajstić information content (AvgIpc) is 2.78. The molecule has 3 rings (SSSR count). The summed E-state index contributed by atoms with van der Waals surface area (Å²) in [6.45, 7) is 3.60. The van der Waals surface area contributed by atoms with Crippen LogP contribution < -0.4 is 10.9 Å². The van der Waals surface area contributed by atoms with Crippen molar-refractivity contribution in [3.05, 3.63) is 57.3 Å². The molecule has 0 aliphatic rings. The maximum absolute atomic E-state index is 13.2. The number of nitrogens with zero attached hydrogens (tertiary/aromatic N) is 2. The summed E-state index contributed by atoms with van der Waals surface area (Å²) < 4.78 is 14.8. The predicted molar refractivity (Wildman–Crippen MR) is 89.5 cm³/mol. The first-order valence-corrected chi connectivity index (χ1v) is 7.47. The van der Waals surface area contributed by atoms with Gasteiger partial charge >= 0.3 is 0 Å². The van der Waals surface area contributed by atoms with Crippen LogP contribution >= 0.6 is 0 Å². The number of hydrogen-bond donors (Lipinski definition) is 2. The number of amides is 1. The van der Waals surface area contributed by atoms with Gasteiger partial charge in [-0.1, -0.05) is 6.07 Å². The summed E-state index contributed by atoms with van der Waals surface area (Å²) in [6, 6.07) is 5.70. The summed E-state index contributed by atoms with van der Waals surface area (Å²) in [4.78, 5) is 28.7. The van der Waals surface area contributed by atoms with Crippen LogP contribution in [0.3, 0.4) is 0 Å². The SMILES string of the molecule is Cc1nc2c(c(C)c1CC(=O)Nc1cccc(F)c1)c(=O)[nH]n2C. The molecule has 0 fully saturated rings. The van der Waals surface area contributed by atoms with Crippen LogP contribution in [0.2, 0.25) is 0 Å². The number of pyridine rings is 1. The molecule has 2 aromatic heterocycles. The second kappa shape index (κ2) is 5.92. The monoisotopic (exact) mass is 328 g/mol. The molecule has 1 aromatic carbocycles. The molecule has 0 bridgehead atoms. The summed E-state index contributed by atoms with van der Waals surface area (Å²) in [6.07, 6.45) is 0.0610. The highest BCUT2D eigenvalue weighted by molar-refractivity contribution is 5.93. The summed E-state index contributed by atoms with van der Waals surface area (Å²) in [5.41, 5.74) is 2.83. The second-order valence-corrected chi connectivity index (χ2v) is 5.73. The lowest BCUT2D eigenvalue weighted by atomic mass is 10.0. The van der Waals surface area contributed by atoms with Crippen LogP contribution in [0.4, 0.5) is 10.1 Å². The first-order chi connectivity index (χ1) is 11.4. The molecule has 7 heteroatoms. The van der Waals surface area contributed by atoms with Gasteiger partial charge in [0.15, 0.2) is 5.65 Å². The number of H-pyrrole nitrogens is 1. The fourth-order valence-electron chi connectivity index (χ4n) is 2.84. The fraction of sp³-hybridized carbons (Fsp3) is 0.235. The Morgan fingerprint density at radius 2 is 2.12 bits per heavy atom. The van der Waals surface area contributed by atoms with E-state index in [9.17, 15) is 14.0 Å². The van der Waals surface area contributed by atoms with Gasteiger partial charge in [-0.15, -0.1) is 0 Å². The molecule has 2 N–H and O–H groups in total. The summed E-state index contributed by atoms with van der Waals surface area (Å²) in [5, 5.41) is 5.81. The first kappa shape index (κ1) is 15.9. The number of aromatic amines is 1. The van der Waals surface area contributed by atoms with Crippen molar-refractivity contribution in [3.8, 4) is 0 Å². The fourth-order valence-corrected chi connectivity index (χ4v) is 2.84. The maximum atomic E-state index is 13.2. The van der Waals surface area contributed by atoms with Crippen molar-refractivity contribution in [2.75, 3.05) is 5.32 Å². The van der Waals surface area contributed by atoms with Crippen molar-refractivity contribution < 1.29 is 9.18 Å². The van der Waals surface area contributed by atoms with Crippen LogP contribution in [0.1, 0.15) is 16.8 Å². The standard InChI is InChI=1S/C17H17FN4O2/c1-9-13(8-14(23)20-12-6-4-5-11(18)7-12)10(2)19-16-15(9)17(24)21-22(16)3/h4-7H,8H2,1-3H3,(H,20,23)(H,21,24). The number of rotatable bonds is 3. The van der Waals surface area contributed by atoms with Gasteiger partial charge in [0.05, 0.1) is 11.8 Å². The number of fused-ring (bicyclic) bond motifs is 1. The number of hydrogen-bond acceptors (Lipinski definition) is 3. The van der Waals surface area contributed by atoms with Crippen LogP contribution in [-0.4, -0.2) is 20.7 Å². The van der Waals surface area contributed by atoms with E-state index in [2.05, 4.69) is 15.4 Å². The quantitative estimate of drug-likeness (QED) is 0.773. The normalized spacial score (nSPS) is 11.0. The molecule has 0 radical (unpaired) electrons. The topological polar surface area (TPSA) is 79.8 Å². The molecule has 124 valence electrons. The van der Waals surface area contributed by atoms with Crippen molar-refractivity contribution in [1.82, 2.24) is 14.8 Å². The van der Waals surface area contributed by atoms with E-state index in [4.69, 9.17) is 0 Å². The highest BCUT2D eigenvalue weighted by atomic mass is 19.1. The summed E-state index contributed by atoms with van der Waals surface area (Å²) in [7, 11) is 1.71. The van der Waals surface area contributed by atoms with Crippen molar-refractivity contribution >= 4 is 22.6 Å². The Kier molecular flexibility index (Phi) is 3.92. The van der Waals surface area contributed by atoms with E-state index >= 15 is 0 Å². The minimum absolute atomic E-state index is 0.0610. The van der Waals surface area contributed by atoms with E-state index in [1.54, 1.807) is 31.6 Å². The molecular formula is C17H17FN4O2. The van der Waals surface area contributed by atoms with Gasteiger partial charge in [0, 0.05) is 18.4 Å². The van der Waals surface area contributed by atoms with Crippen molar-refractivity contribution in [2.24, 2.45) is 7.05 Å². The number of benzene rings is 1. The number of carbonyl (C=O) groups is 1. The number of halogens is 1. The third-order valence-electron chi connectivity index (χ3n) is 4.02. The van der Waals surface area contributed by atoms with Crippen molar-refractivity contribution in [3.63, 3.8) is 0 Å². The molecule has 3 aromatic rings. The molecule has 0 aliphatic carbocycles. The zero-order chi connectivity index (χ0) is 17.4. The third-order valence-corrected chi connectivity index (χ3v) is 4.02. The van der Waals surface area contributed by atoms with Crippen LogP contribution in [0.25, 0.3) is 11.0 Å². The third kappa shape index (κ3) is 2.80. The lowest BCUT2D eigenvalue weighted by molar-refractivity contribution is -0.115. The van der Waals surface area contributed by atoms with Crippen LogP contribution in [0.5, 0.6) is 0 Å². The lowest BCUT2D eigenvalue weighted by Crippen LogP contribution is -2.17. The molecule has 0 aliphatic heterocycles. The van der Waals surface area contributed by atoms with Gasteiger partial charge in [0.2, 0.25) is 5.91 Å². The number of anilines is 1. The Morgan fingerprint density at radius 3 is 2.83 bits per heavy atom. The average molecular weight is 328 g/mol. The van der Waals surface area contributed by atoms with Gasteiger partial charge in [-0.05, 0) is 43.2 Å². The van der Waals surface area contributed by atoms with E-state index in [0.717, 1.165) is 5.56 Å². The molecule has 1 amide bonds. The Balaban J connectivity index is 1.93. The smallest absolute Gasteiger partial charge is 0.273 e. The van der Waals surface area contributed by atoms with Gasteiger partial charge in [-0.25, -0.2) is 9.37 Å². The molecule has 0 saturated heterocycles. The van der Waals surface area contributed by atoms with Gasteiger partial charge in [0.25, 0.3) is 5.56 Å². The minimum atomic E-state index is -0.418. The molecular weight excluding hydrogens is 311 g/mol. The Hall–Kier alpha value is -2.96. The van der Waals surface area contributed by atoms with Gasteiger partial charge in [-0.2, -0.15) is 0 Å². The van der Waals surface area contributed by atoms with E-state index in [1.807, 2.05) is 0 Å². The van der Waals surface area contributed by atoms with E-state index in [1.165, 1.54) is 18.2 Å².